The van der Waals surface area contributed by atoms with E-state index in [1.807, 2.05) is 19.1 Å². The molecule has 1 saturated carbocycles. The van der Waals surface area contributed by atoms with Gasteiger partial charge in [0.25, 0.3) is 5.91 Å². The normalized spacial score (nSPS) is 22.2. The van der Waals surface area contributed by atoms with E-state index in [2.05, 4.69) is 17.2 Å². The highest BCUT2D eigenvalue weighted by Crippen LogP contribution is 2.33. The topological polar surface area (TPSA) is 68.0 Å². The Balaban J connectivity index is 1.87. The summed E-state index contributed by atoms with van der Waals surface area (Å²) in [7, 11) is 0. The third kappa shape index (κ3) is 2.18. The van der Waals surface area contributed by atoms with Crippen molar-refractivity contribution in [3.8, 4) is 0 Å². The van der Waals surface area contributed by atoms with E-state index in [9.17, 15) is 4.79 Å². The first-order chi connectivity index (χ1) is 9.04. The van der Waals surface area contributed by atoms with Crippen LogP contribution in [0.2, 0.25) is 0 Å². The Morgan fingerprint density at radius 3 is 2.89 bits per heavy atom. The molecule has 1 amide bonds. The lowest BCUT2D eigenvalue weighted by atomic mass is 9.82. The van der Waals surface area contributed by atoms with Crippen LogP contribution in [0, 0.1) is 12.8 Å². The number of hydrogen-bond acceptors (Lipinski definition) is 4. The second kappa shape index (κ2) is 4.49. The van der Waals surface area contributed by atoms with Crippen molar-refractivity contribution in [1.82, 2.24) is 10.3 Å². The van der Waals surface area contributed by atoms with Crippen LogP contribution in [0.25, 0.3) is 10.2 Å². The monoisotopic (exact) mass is 275 g/mol. The fourth-order valence-electron chi connectivity index (χ4n) is 2.53. The zero-order valence-electron chi connectivity index (χ0n) is 11.1. The fraction of sp³-hybridized carbons (Fsp3) is 0.429. The molecule has 0 spiro atoms. The average molecular weight is 275 g/mol. The molecule has 0 radical (unpaired) electrons. The minimum absolute atomic E-state index is 0.0601. The minimum atomic E-state index is -0.0601. The van der Waals surface area contributed by atoms with E-state index < -0.39 is 0 Å². The Kier molecular flexibility index (Phi) is 2.93. The predicted octanol–water partition coefficient (Wildman–Crippen LogP) is 2.72. The van der Waals surface area contributed by atoms with Crippen molar-refractivity contribution in [2.75, 3.05) is 5.73 Å². The van der Waals surface area contributed by atoms with Gasteiger partial charge in [0.1, 0.15) is 9.71 Å². The van der Waals surface area contributed by atoms with Crippen LogP contribution in [0.4, 0.5) is 5.69 Å². The zero-order chi connectivity index (χ0) is 13.6. The van der Waals surface area contributed by atoms with E-state index in [-0.39, 0.29) is 5.91 Å². The fourth-order valence-corrected chi connectivity index (χ4v) is 3.57. The quantitative estimate of drug-likeness (QED) is 0.885. The number of pyridine rings is 1. The molecule has 0 saturated heterocycles. The maximum atomic E-state index is 12.2. The molecule has 3 N–H and O–H groups in total. The number of amides is 1. The van der Waals surface area contributed by atoms with E-state index in [4.69, 9.17) is 5.73 Å². The first-order valence-electron chi connectivity index (χ1n) is 6.51. The number of rotatable bonds is 2. The summed E-state index contributed by atoms with van der Waals surface area (Å²) in [4.78, 5) is 18.1. The van der Waals surface area contributed by atoms with E-state index >= 15 is 0 Å². The maximum absolute atomic E-state index is 12.2. The standard InChI is InChI=1S/C14H17N3OS/c1-7-5-9(6-7)17-13(18)12-11(15)10-4-3-8(2)16-14(10)19-12/h3-4,7,9H,5-6,15H2,1-2H3,(H,17,18). The van der Waals surface area contributed by atoms with Crippen molar-refractivity contribution >= 4 is 33.1 Å². The van der Waals surface area contributed by atoms with Crippen LogP contribution in [0.1, 0.15) is 35.1 Å². The summed E-state index contributed by atoms with van der Waals surface area (Å²) in [6.07, 6.45) is 2.13. The summed E-state index contributed by atoms with van der Waals surface area (Å²) >= 11 is 1.38. The molecule has 0 unspecified atom stereocenters. The number of thiophene rings is 1. The van der Waals surface area contributed by atoms with Gasteiger partial charge in [-0.05, 0) is 37.8 Å². The molecule has 1 aliphatic carbocycles. The summed E-state index contributed by atoms with van der Waals surface area (Å²) in [5.41, 5.74) is 7.55. The van der Waals surface area contributed by atoms with Crippen LogP contribution in [-0.4, -0.2) is 16.9 Å². The molecule has 3 rings (SSSR count). The highest BCUT2D eigenvalue weighted by Gasteiger charge is 2.28. The van der Waals surface area contributed by atoms with Gasteiger partial charge in [-0.15, -0.1) is 11.3 Å². The number of carbonyl (C=O) groups is 1. The van der Waals surface area contributed by atoms with Gasteiger partial charge in [-0.2, -0.15) is 0 Å². The van der Waals surface area contributed by atoms with Crippen molar-refractivity contribution in [2.45, 2.75) is 32.7 Å². The lowest BCUT2D eigenvalue weighted by Gasteiger charge is -2.33. The van der Waals surface area contributed by atoms with Crippen LogP contribution in [0.5, 0.6) is 0 Å². The van der Waals surface area contributed by atoms with Gasteiger partial charge in [0.15, 0.2) is 0 Å². The summed E-state index contributed by atoms with van der Waals surface area (Å²) < 4.78 is 0. The van der Waals surface area contributed by atoms with Crippen LogP contribution >= 0.6 is 11.3 Å². The van der Waals surface area contributed by atoms with Gasteiger partial charge >= 0.3 is 0 Å². The molecule has 5 heteroatoms. The summed E-state index contributed by atoms with van der Waals surface area (Å²) in [6, 6.07) is 4.16. The number of nitrogens with two attached hydrogens (primary N) is 1. The average Bonchev–Trinajstić information content (AvgIpc) is 2.64. The first kappa shape index (κ1) is 12.4. The van der Waals surface area contributed by atoms with Crippen LogP contribution in [-0.2, 0) is 0 Å². The number of hydrogen-bond donors (Lipinski definition) is 2. The van der Waals surface area contributed by atoms with Crippen molar-refractivity contribution in [3.05, 3.63) is 22.7 Å². The van der Waals surface area contributed by atoms with Gasteiger partial charge in [0, 0.05) is 17.1 Å². The Labute approximate surface area is 116 Å². The van der Waals surface area contributed by atoms with Gasteiger partial charge in [0.05, 0.1) is 5.69 Å². The number of anilines is 1. The second-order valence-electron chi connectivity index (χ2n) is 5.40. The van der Waals surface area contributed by atoms with Crippen molar-refractivity contribution in [2.24, 2.45) is 5.92 Å². The summed E-state index contributed by atoms with van der Waals surface area (Å²) in [6.45, 7) is 4.13. The molecule has 19 heavy (non-hydrogen) atoms. The van der Waals surface area contributed by atoms with Crippen LogP contribution < -0.4 is 11.1 Å². The molecule has 1 aliphatic rings. The third-order valence-corrected chi connectivity index (χ3v) is 4.76. The maximum Gasteiger partial charge on any atom is 0.263 e. The van der Waals surface area contributed by atoms with Gasteiger partial charge in [-0.3, -0.25) is 4.79 Å². The molecule has 0 aliphatic heterocycles. The molecule has 2 aromatic rings. The molecular weight excluding hydrogens is 258 g/mol. The molecule has 1 fully saturated rings. The molecule has 4 nitrogen and oxygen atoms in total. The number of aromatic nitrogens is 1. The van der Waals surface area contributed by atoms with Crippen LogP contribution in [0.15, 0.2) is 12.1 Å². The number of fused-ring (bicyclic) bond motifs is 1. The molecular formula is C14H17N3OS. The van der Waals surface area contributed by atoms with Gasteiger partial charge < -0.3 is 11.1 Å². The predicted molar refractivity (Wildman–Crippen MR) is 78.4 cm³/mol. The molecule has 0 atom stereocenters. The number of nitrogens with zero attached hydrogens (tertiary/aromatic N) is 1. The molecule has 2 aromatic heterocycles. The third-order valence-electron chi connectivity index (χ3n) is 3.65. The Morgan fingerprint density at radius 1 is 1.47 bits per heavy atom. The summed E-state index contributed by atoms with van der Waals surface area (Å²) in [5, 5.41) is 3.92. The van der Waals surface area contributed by atoms with E-state index in [1.165, 1.54) is 11.3 Å². The smallest absolute Gasteiger partial charge is 0.263 e. The molecule has 0 bridgehead atoms. The highest BCUT2D eigenvalue weighted by atomic mass is 32.1. The van der Waals surface area contributed by atoms with Gasteiger partial charge in [-0.1, -0.05) is 6.92 Å². The Hall–Kier alpha value is -1.62. The number of nitrogen functional groups attached to an aromatic ring is 1. The number of nitrogens with one attached hydrogen (secondary N) is 1. The SMILES string of the molecule is Cc1ccc2c(N)c(C(=O)NC3CC(C)C3)sc2n1. The van der Waals surface area contributed by atoms with E-state index in [0.29, 0.717) is 16.6 Å². The minimum Gasteiger partial charge on any atom is -0.397 e. The van der Waals surface area contributed by atoms with Crippen molar-refractivity contribution in [3.63, 3.8) is 0 Å². The lowest BCUT2D eigenvalue weighted by Crippen LogP contribution is -2.43. The molecule has 0 aromatic carbocycles. The van der Waals surface area contributed by atoms with Crippen molar-refractivity contribution in [1.29, 1.82) is 0 Å². The molecule has 2 heterocycles. The largest absolute Gasteiger partial charge is 0.397 e. The highest BCUT2D eigenvalue weighted by molar-refractivity contribution is 7.21. The number of carbonyl (C=O) groups excluding carboxylic acids is 1. The lowest BCUT2D eigenvalue weighted by molar-refractivity contribution is 0.0901. The number of aryl methyl sites for hydroxylation is 1. The Morgan fingerprint density at radius 2 is 2.21 bits per heavy atom. The summed E-state index contributed by atoms with van der Waals surface area (Å²) in [5.74, 6) is 0.657. The first-order valence-corrected chi connectivity index (χ1v) is 7.32. The molecule has 100 valence electrons. The van der Waals surface area contributed by atoms with Gasteiger partial charge in [-0.25, -0.2) is 4.98 Å². The Bertz CT molecular complexity index is 643. The zero-order valence-corrected chi connectivity index (χ0v) is 11.9. The second-order valence-corrected chi connectivity index (χ2v) is 6.40. The van der Waals surface area contributed by atoms with Crippen molar-refractivity contribution < 1.29 is 4.79 Å². The van der Waals surface area contributed by atoms with Crippen LogP contribution in [0.3, 0.4) is 0 Å². The van der Waals surface area contributed by atoms with Gasteiger partial charge in [0.2, 0.25) is 0 Å². The van der Waals surface area contributed by atoms with E-state index in [0.717, 1.165) is 34.7 Å². The van der Waals surface area contributed by atoms with E-state index in [1.54, 1.807) is 0 Å².